The molecule has 0 radical (unpaired) electrons. The van der Waals surface area contributed by atoms with Gasteiger partial charge in [-0.05, 0) is 43.7 Å². The largest absolute Gasteiger partial charge is 0.371 e. The number of nitrogens with one attached hydrogen (secondary N) is 2. The number of para-hydroxylation sites is 1. The van der Waals surface area contributed by atoms with Gasteiger partial charge in [-0.3, -0.25) is 9.59 Å². The first kappa shape index (κ1) is 21.1. The molecule has 1 spiro atoms. The first-order valence-corrected chi connectivity index (χ1v) is 12.5. The zero-order valence-corrected chi connectivity index (χ0v) is 18.2. The molecule has 0 aliphatic carbocycles. The van der Waals surface area contributed by atoms with Crippen molar-refractivity contribution in [1.29, 1.82) is 0 Å². The standard InChI is InChI=1S/C21H30N4O4S/c1-30(28,29)25-13-9-21(15-25)14-17(23-20(21)27)19(26)22-10-5-12-24-11-4-7-16-6-2-3-8-18(16)24/h2-3,6,8,17H,4-5,7,9-15H2,1H3,(H,22,26)(H,23,27)/t17-,21+/m0/s1. The molecule has 3 aliphatic heterocycles. The number of fused-ring (bicyclic) bond motifs is 1. The number of hydrogen-bond acceptors (Lipinski definition) is 5. The molecule has 2 saturated heterocycles. The monoisotopic (exact) mass is 434 g/mol. The van der Waals surface area contributed by atoms with E-state index >= 15 is 0 Å². The third-order valence-electron chi connectivity index (χ3n) is 6.60. The quantitative estimate of drug-likeness (QED) is 0.635. The number of amides is 2. The highest BCUT2D eigenvalue weighted by atomic mass is 32.2. The van der Waals surface area contributed by atoms with Crippen molar-refractivity contribution in [3.8, 4) is 0 Å². The number of hydrogen-bond donors (Lipinski definition) is 2. The molecule has 3 aliphatic rings. The smallest absolute Gasteiger partial charge is 0.242 e. The molecule has 2 fully saturated rings. The molecule has 8 nitrogen and oxygen atoms in total. The van der Waals surface area contributed by atoms with Crippen molar-refractivity contribution in [1.82, 2.24) is 14.9 Å². The lowest BCUT2D eigenvalue weighted by Crippen LogP contribution is -2.42. The van der Waals surface area contributed by atoms with E-state index in [4.69, 9.17) is 0 Å². The van der Waals surface area contributed by atoms with Gasteiger partial charge in [0.15, 0.2) is 0 Å². The highest BCUT2D eigenvalue weighted by Crippen LogP contribution is 2.40. The van der Waals surface area contributed by atoms with Crippen molar-refractivity contribution in [3.05, 3.63) is 29.8 Å². The second-order valence-corrected chi connectivity index (χ2v) is 10.7. The topological polar surface area (TPSA) is 98.8 Å². The van der Waals surface area contributed by atoms with Gasteiger partial charge in [0, 0.05) is 38.4 Å². The van der Waals surface area contributed by atoms with Crippen molar-refractivity contribution in [2.75, 3.05) is 43.9 Å². The SMILES string of the molecule is CS(=O)(=O)N1CC[C@@]2(C[C@@H](C(=O)NCCCN3CCCc4ccccc43)NC2=O)C1. The molecule has 164 valence electrons. The van der Waals surface area contributed by atoms with Gasteiger partial charge >= 0.3 is 0 Å². The number of carbonyl (C=O) groups is 2. The van der Waals surface area contributed by atoms with Crippen LogP contribution in [0.2, 0.25) is 0 Å². The van der Waals surface area contributed by atoms with Gasteiger partial charge in [-0.1, -0.05) is 18.2 Å². The van der Waals surface area contributed by atoms with Crippen molar-refractivity contribution in [2.45, 2.75) is 38.1 Å². The number of sulfonamides is 1. The van der Waals surface area contributed by atoms with Gasteiger partial charge in [0.2, 0.25) is 21.8 Å². The predicted octanol–water partition coefficient (Wildman–Crippen LogP) is 0.486. The molecule has 9 heteroatoms. The van der Waals surface area contributed by atoms with Crippen LogP contribution in [0.15, 0.2) is 24.3 Å². The summed E-state index contributed by atoms with van der Waals surface area (Å²) in [7, 11) is -3.33. The van der Waals surface area contributed by atoms with Gasteiger partial charge in [0.05, 0.1) is 11.7 Å². The Balaban J connectivity index is 1.25. The van der Waals surface area contributed by atoms with E-state index in [1.165, 1.54) is 15.6 Å². The summed E-state index contributed by atoms with van der Waals surface area (Å²) in [6, 6.07) is 7.88. The minimum absolute atomic E-state index is 0.163. The maximum Gasteiger partial charge on any atom is 0.242 e. The molecular weight excluding hydrogens is 404 g/mol. The summed E-state index contributed by atoms with van der Waals surface area (Å²) in [5, 5.41) is 5.72. The van der Waals surface area contributed by atoms with Gasteiger partial charge in [0.25, 0.3) is 0 Å². The highest BCUT2D eigenvalue weighted by Gasteiger charge is 2.53. The molecule has 4 rings (SSSR count). The molecule has 2 N–H and O–H groups in total. The van der Waals surface area contributed by atoms with Gasteiger partial charge < -0.3 is 15.5 Å². The molecule has 0 saturated carbocycles. The van der Waals surface area contributed by atoms with Crippen molar-refractivity contribution >= 4 is 27.5 Å². The Hall–Kier alpha value is -2.13. The number of aryl methyl sites for hydroxylation is 1. The van der Waals surface area contributed by atoms with E-state index < -0.39 is 21.5 Å². The summed E-state index contributed by atoms with van der Waals surface area (Å²) < 4.78 is 24.9. The minimum Gasteiger partial charge on any atom is -0.371 e. The van der Waals surface area contributed by atoms with E-state index in [0.29, 0.717) is 25.9 Å². The lowest BCUT2D eigenvalue weighted by Gasteiger charge is -2.31. The fourth-order valence-corrected chi connectivity index (χ4v) is 5.83. The third-order valence-corrected chi connectivity index (χ3v) is 7.85. The van der Waals surface area contributed by atoms with Crippen LogP contribution in [0, 0.1) is 5.41 Å². The second-order valence-electron chi connectivity index (χ2n) is 8.72. The molecule has 2 amide bonds. The third kappa shape index (κ3) is 4.18. The van der Waals surface area contributed by atoms with Crippen LogP contribution in [0.1, 0.15) is 31.2 Å². The number of rotatable bonds is 6. The normalized spacial score (nSPS) is 26.6. The molecule has 1 aromatic carbocycles. The van der Waals surface area contributed by atoms with E-state index in [1.807, 2.05) is 0 Å². The molecule has 30 heavy (non-hydrogen) atoms. The van der Waals surface area contributed by atoms with Crippen molar-refractivity contribution in [3.63, 3.8) is 0 Å². The van der Waals surface area contributed by atoms with Crippen LogP contribution in [0.5, 0.6) is 0 Å². The summed E-state index contributed by atoms with van der Waals surface area (Å²) in [6.07, 6.45) is 5.05. The van der Waals surface area contributed by atoms with Crippen LogP contribution >= 0.6 is 0 Å². The molecule has 0 unspecified atom stereocenters. The Labute approximate surface area is 178 Å². The molecular formula is C21H30N4O4S. The Morgan fingerprint density at radius 2 is 2.10 bits per heavy atom. The van der Waals surface area contributed by atoms with Crippen LogP contribution in [-0.2, 0) is 26.0 Å². The lowest BCUT2D eigenvalue weighted by atomic mass is 9.84. The van der Waals surface area contributed by atoms with E-state index in [0.717, 1.165) is 38.6 Å². The van der Waals surface area contributed by atoms with Crippen LogP contribution < -0.4 is 15.5 Å². The Bertz CT molecular complexity index is 935. The van der Waals surface area contributed by atoms with E-state index in [-0.39, 0.29) is 18.4 Å². The van der Waals surface area contributed by atoms with Crippen LogP contribution in [0.25, 0.3) is 0 Å². The van der Waals surface area contributed by atoms with Crippen LogP contribution in [0.3, 0.4) is 0 Å². The van der Waals surface area contributed by atoms with Gasteiger partial charge in [-0.15, -0.1) is 0 Å². The molecule has 0 bridgehead atoms. The van der Waals surface area contributed by atoms with Gasteiger partial charge in [-0.25, -0.2) is 12.7 Å². The predicted molar refractivity (Wildman–Crippen MR) is 115 cm³/mol. The fraction of sp³-hybridized carbons (Fsp3) is 0.619. The Morgan fingerprint density at radius 1 is 1.30 bits per heavy atom. The minimum atomic E-state index is -3.33. The van der Waals surface area contributed by atoms with E-state index in [2.05, 4.69) is 39.8 Å². The maximum atomic E-state index is 12.6. The number of benzene rings is 1. The Kier molecular flexibility index (Phi) is 5.76. The average molecular weight is 435 g/mol. The van der Waals surface area contributed by atoms with Crippen LogP contribution in [0.4, 0.5) is 5.69 Å². The number of anilines is 1. The second kappa shape index (κ2) is 8.19. The summed E-state index contributed by atoms with van der Waals surface area (Å²) >= 11 is 0. The summed E-state index contributed by atoms with van der Waals surface area (Å²) in [4.78, 5) is 27.5. The zero-order valence-electron chi connectivity index (χ0n) is 17.4. The average Bonchev–Trinajstić information content (AvgIpc) is 3.30. The zero-order chi connectivity index (χ0) is 21.4. The van der Waals surface area contributed by atoms with E-state index in [1.54, 1.807) is 0 Å². The van der Waals surface area contributed by atoms with Crippen molar-refractivity contribution < 1.29 is 18.0 Å². The Morgan fingerprint density at radius 3 is 2.87 bits per heavy atom. The number of carbonyl (C=O) groups excluding carboxylic acids is 2. The van der Waals surface area contributed by atoms with Gasteiger partial charge in [0.1, 0.15) is 6.04 Å². The number of nitrogens with zero attached hydrogens (tertiary/aromatic N) is 2. The molecule has 3 heterocycles. The van der Waals surface area contributed by atoms with Crippen molar-refractivity contribution in [2.24, 2.45) is 5.41 Å². The first-order chi connectivity index (χ1) is 14.3. The highest BCUT2D eigenvalue weighted by molar-refractivity contribution is 7.88. The summed E-state index contributed by atoms with van der Waals surface area (Å²) in [5.74, 6) is -0.393. The molecule has 2 atom stereocenters. The molecule has 0 aromatic heterocycles. The van der Waals surface area contributed by atoms with Gasteiger partial charge in [-0.2, -0.15) is 0 Å². The van der Waals surface area contributed by atoms with E-state index in [9.17, 15) is 18.0 Å². The molecule has 1 aromatic rings. The first-order valence-electron chi connectivity index (χ1n) is 10.7. The fourth-order valence-electron chi connectivity index (χ4n) is 4.92. The summed E-state index contributed by atoms with van der Waals surface area (Å²) in [5.41, 5.74) is 1.89. The lowest BCUT2D eigenvalue weighted by molar-refractivity contribution is -0.128. The van der Waals surface area contributed by atoms with Crippen LogP contribution in [-0.4, -0.2) is 69.6 Å². The maximum absolute atomic E-state index is 12.6. The summed E-state index contributed by atoms with van der Waals surface area (Å²) in [6.45, 7) is 2.95.